The van der Waals surface area contributed by atoms with Gasteiger partial charge < -0.3 is 10.1 Å². The molecule has 0 aliphatic carbocycles. The van der Waals surface area contributed by atoms with E-state index in [1.807, 2.05) is 91.0 Å². The van der Waals surface area contributed by atoms with E-state index in [-0.39, 0.29) is 11.4 Å². The molecule has 5 rings (SSSR count). The number of anilines is 1. The van der Waals surface area contributed by atoms with E-state index in [4.69, 9.17) is 4.74 Å². The molecular weight excluding hydrogens is 432 g/mol. The molecule has 4 aromatic rings. The van der Waals surface area contributed by atoms with Crippen molar-refractivity contribution in [2.75, 3.05) is 5.32 Å². The van der Waals surface area contributed by atoms with Gasteiger partial charge in [-0.3, -0.25) is 0 Å². The molecule has 4 aromatic carbocycles. The van der Waals surface area contributed by atoms with E-state index in [1.54, 1.807) is 18.2 Å². The molecule has 0 spiro atoms. The highest BCUT2D eigenvalue weighted by Gasteiger charge is 2.38. The number of para-hydroxylation sites is 1. The zero-order valence-electron chi connectivity index (χ0n) is 18.0. The fourth-order valence-corrected chi connectivity index (χ4v) is 5.68. The van der Waals surface area contributed by atoms with Crippen molar-refractivity contribution in [3.63, 3.8) is 0 Å². The van der Waals surface area contributed by atoms with Crippen LogP contribution in [-0.2, 0) is 23.2 Å². The topological polar surface area (TPSA) is 58.6 Å². The maximum Gasteiger partial charge on any atom is 0.247 e. The van der Waals surface area contributed by atoms with Crippen molar-refractivity contribution in [3.8, 4) is 5.75 Å². The van der Waals surface area contributed by atoms with Gasteiger partial charge in [0.15, 0.2) is 0 Å². The third-order valence-corrected chi connectivity index (χ3v) is 7.53. The Labute approximate surface area is 194 Å². The van der Waals surface area contributed by atoms with Gasteiger partial charge in [0, 0.05) is 6.54 Å². The summed E-state index contributed by atoms with van der Waals surface area (Å²) in [4.78, 5) is 0.286. The molecule has 0 bridgehead atoms. The zero-order chi connectivity index (χ0) is 22.7. The summed E-state index contributed by atoms with van der Waals surface area (Å²) in [7, 11) is -3.72. The molecule has 1 atom stereocenters. The summed E-state index contributed by atoms with van der Waals surface area (Å²) in [6.45, 7) is 0.696. The molecular formula is C27H24N2O3S. The Balaban J connectivity index is 1.49. The summed E-state index contributed by atoms with van der Waals surface area (Å²) in [5.41, 5.74) is 3.40. The molecule has 0 unspecified atom stereocenters. The van der Waals surface area contributed by atoms with Crippen LogP contribution >= 0.6 is 0 Å². The van der Waals surface area contributed by atoms with E-state index in [2.05, 4.69) is 5.32 Å². The number of ether oxygens (including phenoxy) is 1. The van der Waals surface area contributed by atoms with E-state index in [9.17, 15) is 8.42 Å². The van der Waals surface area contributed by atoms with Crippen LogP contribution in [0.2, 0.25) is 0 Å². The first-order valence-corrected chi connectivity index (χ1v) is 12.2. The van der Waals surface area contributed by atoms with Gasteiger partial charge in [0.05, 0.1) is 5.69 Å². The van der Waals surface area contributed by atoms with E-state index in [0.717, 1.165) is 16.7 Å². The number of hydrogen-bond acceptors (Lipinski definition) is 4. The lowest BCUT2D eigenvalue weighted by Crippen LogP contribution is -2.42. The molecule has 0 fully saturated rings. The summed E-state index contributed by atoms with van der Waals surface area (Å²) in [5, 5.41) is 3.43. The smallest absolute Gasteiger partial charge is 0.247 e. The number of nitrogens with one attached hydrogen (secondary N) is 1. The van der Waals surface area contributed by atoms with Gasteiger partial charge >= 0.3 is 0 Å². The molecule has 0 aromatic heterocycles. The second kappa shape index (κ2) is 9.10. The SMILES string of the molecule is O=S1(=O)c2ccccc2N[C@H](c2cccc(OCc3ccccc3)c2)N1Cc1ccccc1. The molecule has 1 aliphatic heterocycles. The molecule has 0 saturated heterocycles. The standard InChI is InChI=1S/C27H24N2O3S/c30-33(31)26-17-8-7-16-25(26)28-27(29(33)19-21-10-3-1-4-11-21)23-14-9-15-24(18-23)32-20-22-12-5-2-6-13-22/h1-18,27-28H,19-20H2/t27-/m0/s1. The van der Waals surface area contributed by atoms with Gasteiger partial charge in [0.2, 0.25) is 10.0 Å². The van der Waals surface area contributed by atoms with Crippen LogP contribution in [0.15, 0.2) is 114 Å². The van der Waals surface area contributed by atoms with Crippen molar-refractivity contribution < 1.29 is 13.2 Å². The maximum atomic E-state index is 13.6. The van der Waals surface area contributed by atoms with Crippen LogP contribution in [-0.4, -0.2) is 12.7 Å². The van der Waals surface area contributed by atoms with E-state index in [0.29, 0.717) is 18.0 Å². The number of nitrogens with zero attached hydrogens (tertiary/aromatic N) is 1. The summed E-state index contributed by atoms with van der Waals surface area (Å²) in [6.07, 6.45) is -0.564. The van der Waals surface area contributed by atoms with Gasteiger partial charge in [0.25, 0.3) is 0 Å². The number of hydrogen-bond donors (Lipinski definition) is 1. The van der Waals surface area contributed by atoms with Crippen LogP contribution in [0.25, 0.3) is 0 Å². The van der Waals surface area contributed by atoms with Crippen molar-refractivity contribution in [2.24, 2.45) is 0 Å². The van der Waals surface area contributed by atoms with Gasteiger partial charge in [-0.15, -0.1) is 0 Å². The summed E-state index contributed by atoms with van der Waals surface area (Å²) >= 11 is 0. The predicted molar refractivity (Wildman–Crippen MR) is 129 cm³/mol. The normalized spacial score (nSPS) is 17.0. The average Bonchev–Trinajstić information content (AvgIpc) is 2.86. The number of rotatable bonds is 6. The number of fused-ring (bicyclic) bond motifs is 1. The maximum absolute atomic E-state index is 13.6. The van der Waals surface area contributed by atoms with Gasteiger partial charge in [-0.05, 0) is 41.0 Å². The Hall–Kier alpha value is -3.61. The number of sulfonamides is 1. The third kappa shape index (κ3) is 4.49. The van der Waals surface area contributed by atoms with Gasteiger partial charge in [-0.25, -0.2) is 8.42 Å². The van der Waals surface area contributed by atoms with Crippen LogP contribution < -0.4 is 10.1 Å². The second-order valence-electron chi connectivity index (χ2n) is 7.93. The average molecular weight is 457 g/mol. The Morgan fingerprint density at radius 2 is 1.42 bits per heavy atom. The minimum absolute atomic E-state index is 0.254. The van der Waals surface area contributed by atoms with E-state index in [1.165, 1.54) is 4.31 Å². The van der Waals surface area contributed by atoms with Gasteiger partial charge in [0.1, 0.15) is 23.4 Å². The van der Waals surface area contributed by atoms with Crippen molar-refractivity contribution >= 4 is 15.7 Å². The second-order valence-corrected chi connectivity index (χ2v) is 9.78. The molecule has 6 heteroatoms. The lowest BCUT2D eigenvalue weighted by Gasteiger charge is -2.37. The molecule has 1 heterocycles. The summed E-state index contributed by atoms with van der Waals surface area (Å²) in [6, 6.07) is 34.2. The Morgan fingerprint density at radius 1 is 0.758 bits per heavy atom. The van der Waals surface area contributed by atoms with Crippen molar-refractivity contribution in [2.45, 2.75) is 24.2 Å². The fraction of sp³-hybridized carbons (Fsp3) is 0.111. The Bertz CT molecular complexity index is 1340. The van der Waals surface area contributed by atoms with E-state index >= 15 is 0 Å². The van der Waals surface area contributed by atoms with Crippen molar-refractivity contribution in [1.29, 1.82) is 0 Å². The summed E-state index contributed by atoms with van der Waals surface area (Å²) in [5.74, 6) is 0.689. The molecule has 0 radical (unpaired) electrons. The molecule has 33 heavy (non-hydrogen) atoms. The highest BCUT2D eigenvalue weighted by Crippen LogP contribution is 2.39. The highest BCUT2D eigenvalue weighted by atomic mass is 32.2. The number of benzene rings is 4. The first-order valence-electron chi connectivity index (χ1n) is 10.8. The monoisotopic (exact) mass is 456 g/mol. The molecule has 166 valence electrons. The molecule has 5 nitrogen and oxygen atoms in total. The van der Waals surface area contributed by atoms with Gasteiger partial charge in [-0.1, -0.05) is 84.9 Å². The third-order valence-electron chi connectivity index (χ3n) is 5.66. The van der Waals surface area contributed by atoms with Crippen LogP contribution in [0.1, 0.15) is 22.9 Å². The van der Waals surface area contributed by atoms with Crippen LogP contribution in [0.3, 0.4) is 0 Å². The minimum atomic E-state index is -3.72. The quantitative estimate of drug-likeness (QED) is 0.411. The highest BCUT2D eigenvalue weighted by molar-refractivity contribution is 7.89. The first-order chi connectivity index (χ1) is 16.1. The summed E-state index contributed by atoms with van der Waals surface area (Å²) < 4.78 is 34.8. The van der Waals surface area contributed by atoms with Crippen LogP contribution in [0.5, 0.6) is 5.75 Å². The lowest BCUT2D eigenvalue weighted by molar-refractivity contribution is 0.303. The Kier molecular flexibility index (Phi) is 5.86. The molecule has 1 aliphatic rings. The van der Waals surface area contributed by atoms with Crippen LogP contribution in [0, 0.1) is 0 Å². The van der Waals surface area contributed by atoms with Crippen molar-refractivity contribution in [1.82, 2.24) is 4.31 Å². The zero-order valence-corrected chi connectivity index (χ0v) is 18.8. The minimum Gasteiger partial charge on any atom is -0.489 e. The fourth-order valence-electron chi connectivity index (χ4n) is 4.00. The molecule has 0 saturated carbocycles. The lowest BCUT2D eigenvalue weighted by atomic mass is 10.1. The van der Waals surface area contributed by atoms with Crippen molar-refractivity contribution in [3.05, 3.63) is 126 Å². The predicted octanol–water partition coefficient (Wildman–Crippen LogP) is 5.58. The Morgan fingerprint density at radius 3 is 2.18 bits per heavy atom. The van der Waals surface area contributed by atoms with E-state index < -0.39 is 16.2 Å². The van der Waals surface area contributed by atoms with Crippen LogP contribution in [0.4, 0.5) is 5.69 Å². The largest absolute Gasteiger partial charge is 0.489 e. The van der Waals surface area contributed by atoms with Gasteiger partial charge in [-0.2, -0.15) is 4.31 Å². The molecule has 0 amide bonds. The first kappa shape index (κ1) is 21.2. The molecule has 1 N–H and O–H groups in total.